The zero-order valence-electron chi connectivity index (χ0n) is 19.6. The van der Waals surface area contributed by atoms with Gasteiger partial charge in [-0.15, -0.1) is 0 Å². The molecule has 0 aliphatic carbocycles. The van der Waals surface area contributed by atoms with Crippen LogP contribution >= 0.6 is 0 Å². The van der Waals surface area contributed by atoms with Gasteiger partial charge in [0, 0.05) is 51.8 Å². The number of rotatable bonds is 11. The molecular formula is C17H28F6N2O7S2Si. The summed E-state index contributed by atoms with van der Waals surface area (Å²) in [6, 6.07) is 7.23. The third kappa shape index (κ3) is 9.93. The van der Waals surface area contributed by atoms with E-state index in [1.54, 1.807) is 21.3 Å². The van der Waals surface area contributed by atoms with E-state index in [2.05, 4.69) is 42.8 Å². The molecule has 1 unspecified atom stereocenters. The Hall–Kier alpha value is -1.31. The summed E-state index contributed by atoms with van der Waals surface area (Å²) in [5, 5.41) is 0. The van der Waals surface area contributed by atoms with Gasteiger partial charge < -0.3 is 17.4 Å². The van der Waals surface area contributed by atoms with Gasteiger partial charge in [0.2, 0.25) is 0 Å². The van der Waals surface area contributed by atoms with Gasteiger partial charge >= 0.3 is 19.8 Å². The number of hydrogen-bond acceptors (Lipinski definition) is 7. The Bertz CT molecular complexity index is 951. The minimum absolute atomic E-state index is 0.575. The molecule has 1 rings (SSSR count). The number of aromatic nitrogens is 1. The van der Waals surface area contributed by atoms with Crippen LogP contribution in [0.2, 0.25) is 6.04 Å². The van der Waals surface area contributed by atoms with Crippen LogP contribution in [0.4, 0.5) is 26.3 Å². The molecule has 35 heavy (non-hydrogen) atoms. The first kappa shape index (κ1) is 33.7. The zero-order chi connectivity index (χ0) is 27.7. The van der Waals surface area contributed by atoms with Crippen LogP contribution in [-0.2, 0) is 39.9 Å². The van der Waals surface area contributed by atoms with E-state index in [1.165, 1.54) is 5.69 Å². The molecule has 1 heterocycles. The average molecular weight is 579 g/mol. The highest BCUT2D eigenvalue weighted by atomic mass is 32.3. The molecule has 0 fully saturated rings. The van der Waals surface area contributed by atoms with Crippen LogP contribution in [0.25, 0.3) is 4.13 Å². The smallest absolute Gasteiger partial charge is 0.421 e. The third-order valence-electron chi connectivity index (χ3n) is 4.69. The maximum absolute atomic E-state index is 11.4. The van der Waals surface area contributed by atoms with Crippen LogP contribution < -0.4 is 4.57 Å². The van der Waals surface area contributed by atoms with Crippen molar-refractivity contribution in [3.8, 4) is 0 Å². The summed E-state index contributed by atoms with van der Waals surface area (Å²) in [6.45, 7) is 5.45. The quantitative estimate of drug-likeness (QED) is 0.223. The van der Waals surface area contributed by atoms with Gasteiger partial charge in [0.25, 0.3) is 0 Å². The van der Waals surface area contributed by atoms with E-state index in [0.717, 1.165) is 29.6 Å². The van der Waals surface area contributed by atoms with E-state index in [1.807, 2.05) is 0 Å². The van der Waals surface area contributed by atoms with Gasteiger partial charge in [0.1, 0.15) is 6.54 Å². The molecule has 0 aliphatic rings. The number of aryl methyl sites for hydroxylation is 1. The lowest BCUT2D eigenvalue weighted by Gasteiger charge is -2.23. The molecule has 206 valence electrons. The van der Waals surface area contributed by atoms with E-state index in [9.17, 15) is 43.2 Å². The van der Waals surface area contributed by atoms with Crippen LogP contribution in [-0.4, -0.2) is 58.0 Å². The maximum Gasteiger partial charge on any atom is 0.500 e. The van der Waals surface area contributed by atoms with Crippen LogP contribution in [0.15, 0.2) is 24.4 Å². The van der Waals surface area contributed by atoms with E-state index in [-0.39, 0.29) is 0 Å². The second kappa shape index (κ2) is 13.3. The molecule has 0 bridgehead atoms. The SMILES string of the molecule is CCC(C)c1cccc[n+]1CCC[Si](OC)(OC)OC.O=S(=O)([N-]S(=O)(=O)C(F)(F)F)C(F)(F)F. The number of nitrogens with zero attached hydrogens (tertiary/aromatic N) is 2. The molecule has 0 aliphatic heterocycles. The molecule has 0 spiro atoms. The molecule has 1 aromatic rings. The summed E-state index contributed by atoms with van der Waals surface area (Å²) in [5.74, 6) is 0.575. The molecule has 1 atom stereocenters. The first-order valence-electron chi connectivity index (χ1n) is 9.83. The summed E-state index contributed by atoms with van der Waals surface area (Å²) in [5.41, 5.74) is -11.0. The lowest BCUT2D eigenvalue weighted by atomic mass is 10.0. The predicted molar refractivity (Wildman–Crippen MR) is 115 cm³/mol. The van der Waals surface area contributed by atoms with Crippen LogP contribution in [0.5, 0.6) is 0 Å². The number of halogens is 6. The first-order valence-corrected chi connectivity index (χ1v) is 14.6. The van der Waals surface area contributed by atoms with Crippen molar-refractivity contribution in [1.29, 1.82) is 0 Å². The second-order valence-corrected chi connectivity index (χ2v) is 13.5. The van der Waals surface area contributed by atoms with E-state index >= 15 is 0 Å². The monoisotopic (exact) mass is 578 g/mol. The van der Waals surface area contributed by atoms with Gasteiger partial charge in [-0.3, -0.25) is 0 Å². The largest absolute Gasteiger partial charge is 0.500 e. The van der Waals surface area contributed by atoms with E-state index in [4.69, 9.17) is 13.3 Å². The summed E-state index contributed by atoms with van der Waals surface area (Å²) in [4.78, 5) is 0. The highest BCUT2D eigenvalue weighted by Crippen LogP contribution is 2.36. The molecule has 1 aromatic heterocycles. The standard InChI is InChI=1S/C15H28NO3Si.C2F6NO4S2/c1-6-14(2)15-10-7-8-11-16(15)12-9-13-20(17-3,18-4)19-5;3-1(4,5)14(10,11)9-15(12,13)2(6,7)8/h7-8,10-11,14H,6,9,12-13H2,1-5H3;/q+1;-1. The molecule has 0 saturated carbocycles. The lowest BCUT2D eigenvalue weighted by molar-refractivity contribution is -0.705. The van der Waals surface area contributed by atoms with Crippen molar-refractivity contribution >= 4 is 28.9 Å². The maximum atomic E-state index is 11.4. The zero-order valence-corrected chi connectivity index (χ0v) is 22.2. The Labute approximate surface area is 201 Å². The number of pyridine rings is 1. The summed E-state index contributed by atoms with van der Waals surface area (Å²) in [7, 11) is -10.9. The molecule has 0 amide bonds. The second-order valence-electron chi connectivity index (χ2n) is 6.94. The minimum atomic E-state index is -6.72. The van der Waals surface area contributed by atoms with Crippen molar-refractivity contribution in [2.24, 2.45) is 0 Å². The third-order valence-corrected chi connectivity index (χ3v) is 10.3. The van der Waals surface area contributed by atoms with Crippen molar-refractivity contribution in [3.63, 3.8) is 0 Å². The average Bonchev–Trinajstić information content (AvgIpc) is 2.75. The number of hydrogen-bond donors (Lipinski definition) is 0. The minimum Gasteiger partial charge on any atom is -0.421 e. The van der Waals surface area contributed by atoms with Crippen LogP contribution in [0.3, 0.4) is 0 Å². The molecule has 18 heteroatoms. The molecule has 0 saturated heterocycles. The van der Waals surface area contributed by atoms with Crippen molar-refractivity contribution in [2.45, 2.75) is 56.2 Å². The Morgan fingerprint density at radius 2 is 1.40 bits per heavy atom. The topological polar surface area (TPSA) is 114 Å². The fourth-order valence-electron chi connectivity index (χ4n) is 2.59. The highest BCUT2D eigenvalue weighted by molar-refractivity contribution is 8.13. The number of sulfonamides is 2. The van der Waals surface area contributed by atoms with Crippen LogP contribution in [0, 0.1) is 0 Å². The highest BCUT2D eigenvalue weighted by Gasteiger charge is 2.47. The van der Waals surface area contributed by atoms with Crippen LogP contribution in [0.1, 0.15) is 38.3 Å². The molecule has 9 nitrogen and oxygen atoms in total. The normalized spacial score (nSPS) is 14.3. The van der Waals surface area contributed by atoms with Crippen molar-refractivity contribution in [2.75, 3.05) is 21.3 Å². The van der Waals surface area contributed by atoms with Gasteiger partial charge in [-0.1, -0.05) is 19.9 Å². The van der Waals surface area contributed by atoms with Gasteiger partial charge in [0.15, 0.2) is 31.9 Å². The molecule has 0 N–H and O–H groups in total. The van der Waals surface area contributed by atoms with Gasteiger partial charge in [0.05, 0.1) is 0 Å². The Balaban J connectivity index is 0.000000691. The molecule has 0 radical (unpaired) electrons. The summed E-state index contributed by atoms with van der Waals surface area (Å²) in [6.07, 6.45) is 4.29. The van der Waals surface area contributed by atoms with Crippen molar-refractivity contribution in [1.82, 2.24) is 0 Å². The van der Waals surface area contributed by atoms with Gasteiger partial charge in [-0.05, 0) is 6.42 Å². The predicted octanol–water partition coefficient (Wildman–Crippen LogP) is 3.82. The van der Waals surface area contributed by atoms with Crippen molar-refractivity contribution < 1.29 is 61.0 Å². The Morgan fingerprint density at radius 3 is 1.77 bits per heavy atom. The Kier molecular flexibility index (Phi) is 12.8. The van der Waals surface area contributed by atoms with Crippen molar-refractivity contribution in [3.05, 3.63) is 34.2 Å². The van der Waals surface area contributed by atoms with Gasteiger partial charge in [-0.2, -0.15) is 26.3 Å². The number of alkyl halides is 6. The lowest BCUT2D eigenvalue weighted by Crippen LogP contribution is -2.45. The molecular weight excluding hydrogens is 550 g/mol. The fourth-order valence-corrected chi connectivity index (χ4v) is 6.00. The Morgan fingerprint density at radius 1 is 0.943 bits per heavy atom. The summed E-state index contributed by atoms with van der Waals surface area (Å²) >= 11 is 0. The van der Waals surface area contributed by atoms with Gasteiger partial charge in [-0.25, -0.2) is 21.4 Å². The molecule has 0 aromatic carbocycles. The first-order chi connectivity index (χ1) is 15.8. The van der Waals surface area contributed by atoms with E-state index in [0.29, 0.717) is 5.92 Å². The fraction of sp³-hybridized carbons (Fsp3) is 0.706. The summed E-state index contributed by atoms with van der Waals surface area (Å²) < 4.78 is 128. The van der Waals surface area contributed by atoms with E-state index < -0.39 is 39.9 Å².